The number of nitrogens with zero attached hydrogens (tertiary/aromatic N) is 6. The molecule has 1 unspecified atom stereocenters. The van der Waals surface area contributed by atoms with Crippen LogP contribution in [-0.4, -0.2) is 74.7 Å². The number of rotatable bonds is 7. The molecule has 0 amide bonds. The van der Waals surface area contributed by atoms with Crippen LogP contribution >= 0.6 is 0 Å². The lowest BCUT2D eigenvalue weighted by molar-refractivity contribution is -0.134. The first kappa shape index (κ1) is 27.3. The Bertz CT molecular complexity index is 1800. The highest BCUT2D eigenvalue weighted by Crippen LogP contribution is 2.38. The molecule has 3 aromatic heterocycles. The van der Waals surface area contributed by atoms with Crippen molar-refractivity contribution in [2.75, 3.05) is 32.6 Å². The van der Waals surface area contributed by atoms with Crippen LogP contribution in [0.3, 0.4) is 0 Å². The minimum Gasteiger partial charge on any atom is -0.483 e. The summed E-state index contributed by atoms with van der Waals surface area (Å²) in [6, 6.07) is 12.0. The van der Waals surface area contributed by atoms with Crippen LogP contribution in [0, 0.1) is 6.92 Å². The number of aromatic nitrogens is 5. The van der Waals surface area contributed by atoms with Gasteiger partial charge in [-0.1, -0.05) is 0 Å². The van der Waals surface area contributed by atoms with Gasteiger partial charge in [0.25, 0.3) is 5.92 Å². The van der Waals surface area contributed by atoms with Gasteiger partial charge in [0, 0.05) is 30.9 Å². The molecule has 1 aliphatic rings. The van der Waals surface area contributed by atoms with E-state index < -0.39 is 24.5 Å². The molecule has 11 nitrogen and oxygen atoms in total. The Morgan fingerprint density at radius 2 is 1.93 bits per heavy atom. The van der Waals surface area contributed by atoms with Gasteiger partial charge in [-0.3, -0.25) is 0 Å². The molecule has 5 aromatic rings. The molecule has 1 saturated heterocycles. The first-order chi connectivity index (χ1) is 20.2. The van der Waals surface area contributed by atoms with E-state index in [0.717, 1.165) is 5.56 Å². The zero-order chi connectivity index (χ0) is 29.4. The number of ether oxygens (including phenoxy) is 3. The van der Waals surface area contributed by atoms with Crippen LogP contribution in [0.15, 0.2) is 61.3 Å². The average molecular weight is 576 g/mol. The Morgan fingerprint density at radius 3 is 2.71 bits per heavy atom. The Morgan fingerprint density at radius 1 is 1.07 bits per heavy atom. The summed E-state index contributed by atoms with van der Waals surface area (Å²) in [5.41, 5.74) is 2.62. The molecule has 0 radical (unpaired) electrons. The fraction of sp³-hybridized carbons (Fsp3) is 0.276. The summed E-state index contributed by atoms with van der Waals surface area (Å²) in [5.74, 6) is -2.11. The number of alkyl halides is 2. The molecule has 0 bridgehead atoms. The van der Waals surface area contributed by atoms with E-state index in [1.54, 1.807) is 46.9 Å². The monoisotopic (exact) mass is 575 g/mol. The molecule has 2 aromatic carbocycles. The Hall–Kier alpha value is -4.91. The van der Waals surface area contributed by atoms with Crippen LogP contribution < -0.4 is 14.8 Å². The quantitative estimate of drug-likeness (QED) is 0.265. The zero-order valence-corrected chi connectivity index (χ0v) is 23.0. The maximum Gasteiger partial charge on any atom is 0.338 e. The standard InChI is InChI=1S/C29H27F2N7O4/c1-17-10-19(4-5-22(17)41-20-6-9-38-25(13-20)33-16-35-38)36-27-26-21(32-15-34-27)11-18(28(39)40-3)12-23(26)42-24-7-8-37(2)14-29(24,30)31/h4-6,9-13,15-16,24H,7-8,14H2,1-3H3,(H,32,34,36). The SMILES string of the molecule is COC(=O)c1cc(OC2CCN(C)CC2(F)F)c2c(Nc3ccc(Oc4ccn5ncnc5c4)c(C)c3)ncnc2c1. The Balaban J connectivity index is 1.33. The molecule has 13 heteroatoms. The molecule has 42 heavy (non-hydrogen) atoms. The normalized spacial score (nSPS) is 16.8. The van der Waals surface area contributed by atoms with E-state index in [1.807, 2.05) is 13.0 Å². The van der Waals surface area contributed by atoms with Crippen molar-refractivity contribution in [3.05, 3.63) is 72.4 Å². The van der Waals surface area contributed by atoms with E-state index in [-0.39, 0.29) is 17.7 Å². The number of halogens is 2. The number of hydrogen-bond donors (Lipinski definition) is 1. The summed E-state index contributed by atoms with van der Waals surface area (Å²) < 4.78 is 48.4. The predicted molar refractivity (Wildman–Crippen MR) is 150 cm³/mol. The van der Waals surface area contributed by atoms with Gasteiger partial charge in [-0.05, 0) is 55.9 Å². The van der Waals surface area contributed by atoms with E-state index in [9.17, 15) is 13.6 Å². The summed E-state index contributed by atoms with van der Waals surface area (Å²) in [6.45, 7) is 1.90. The topological polar surface area (TPSA) is 116 Å². The number of carbonyl (C=O) groups is 1. The van der Waals surface area contributed by atoms with Crippen LogP contribution in [0.1, 0.15) is 22.3 Å². The largest absolute Gasteiger partial charge is 0.483 e. The third kappa shape index (κ3) is 5.38. The third-order valence-corrected chi connectivity index (χ3v) is 7.03. The van der Waals surface area contributed by atoms with E-state index >= 15 is 0 Å². The smallest absolute Gasteiger partial charge is 0.338 e. The summed E-state index contributed by atoms with van der Waals surface area (Å²) in [6.07, 6.45) is 3.26. The molecule has 0 saturated carbocycles. The summed E-state index contributed by atoms with van der Waals surface area (Å²) in [4.78, 5) is 26.8. The summed E-state index contributed by atoms with van der Waals surface area (Å²) in [7, 11) is 2.88. The first-order valence-corrected chi connectivity index (χ1v) is 13.2. The predicted octanol–water partition coefficient (Wildman–Crippen LogP) is 5.02. The fourth-order valence-corrected chi connectivity index (χ4v) is 4.93. The lowest BCUT2D eigenvalue weighted by Crippen LogP contribution is -2.52. The highest BCUT2D eigenvalue weighted by atomic mass is 19.3. The molecule has 0 aliphatic carbocycles. The maximum atomic E-state index is 15.0. The van der Waals surface area contributed by atoms with Crippen molar-refractivity contribution < 1.29 is 27.8 Å². The minimum atomic E-state index is -3.10. The first-order valence-electron chi connectivity index (χ1n) is 13.2. The number of benzene rings is 2. The van der Waals surface area contributed by atoms with Gasteiger partial charge in [-0.2, -0.15) is 5.10 Å². The van der Waals surface area contributed by atoms with Crippen LogP contribution in [0.5, 0.6) is 17.2 Å². The van der Waals surface area contributed by atoms with Crippen molar-refractivity contribution in [3.63, 3.8) is 0 Å². The van der Waals surface area contributed by atoms with Gasteiger partial charge >= 0.3 is 5.97 Å². The molecular weight excluding hydrogens is 548 g/mol. The molecule has 0 spiro atoms. The van der Waals surface area contributed by atoms with Gasteiger partial charge < -0.3 is 24.4 Å². The summed E-state index contributed by atoms with van der Waals surface area (Å²) >= 11 is 0. The third-order valence-electron chi connectivity index (χ3n) is 7.03. The van der Waals surface area contributed by atoms with Gasteiger partial charge in [-0.25, -0.2) is 33.0 Å². The van der Waals surface area contributed by atoms with Crippen molar-refractivity contribution in [1.82, 2.24) is 29.5 Å². The van der Waals surface area contributed by atoms with E-state index in [1.165, 1.54) is 31.9 Å². The molecule has 1 aliphatic heterocycles. The van der Waals surface area contributed by atoms with Crippen molar-refractivity contribution in [2.24, 2.45) is 0 Å². The molecule has 1 N–H and O–H groups in total. The van der Waals surface area contributed by atoms with E-state index in [2.05, 4.69) is 25.4 Å². The number of pyridine rings is 1. The number of nitrogens with one attached hydrogen (secondary N) is 1. The Kier molecular flexibility index (Phi) is 7.02. The number of esters is 1. The molecule has 4 heterocycles. The average Bonchev–Trinajstić information content (AvgIpc) is 3.43. The zero-order valence-electron chi connectivity index (χ0n) is 23.0. The maximum absolute atomic E-state index is 15.0. The Labute approximate surface area is 239 Å². The van der Waals surface area contributed by atoms with Crippen LogP contribution in [0.2, 0.25) is 0 Å². The molecule has 1 fully saturated rings. The van der Waals surface area contributed by atoms with Crippen molar-refractivity contribution in [3.8, 4) is 17.2 Å². The number of aryl methyl sites for hydroxylation is 1. The number of hydrogen-bond acceptors (Lipinski definition) is 10. The molecule has 216 valence electrons. The molecule has 6 rings (SSSR count). The van der Waals surface area contributed by atoms with Gasteiger partial charge in [0.05, 0.1) is 30.1 Å². The second kappa shape index (κ2) is 10.8. The number of carbonyl (C=O) groups excluding carboxylic acids is 1. The number of fused-ring (bicyclic) bond motifs is 2. The number of likely N-dealkylation sites (tertiary alicyclic amines) is 1. The lowest BCUT2D eigenvalue weighted by Gasteiger charge is -2.36. The van der Waals surface area contributed by atoms with Crippen molar-refractivity contribution >= 4 is 34.0 Å². The van der Waals surface area contributed by atoms with Gasteiger partial charge in [0.2, 0.25) is 0 Å². The fourth-order valence-electron chi connectivity index (χ4n) is 4.93. The molecular formula is C29H27F2N7O4. The highest BCUT2D eigenvalue weighted by molar-refractivity contribution is 6.01. The summed E-state index contributed by atoms with van der Waals surface area (Å²) in [5, 5.41) is 7.69. The number of methoxy groups -OCH3 is 1. The number of piperidine rings is 1. The van der Waals surface area contributed by atoms with Crippen molar-refractivity contribution in [2.45, 2.75) is 25.4 Å². The van der Waals surface area contributed by atoms with E-state index in [0.29, 0.717) is 46.1 Å². The van der Waals surface area contributed by atoms with Crippen LogP contribution in [0.4, 0.5) is 20.3 Å². The van der Waals surface area contributed by atoms with Gasteiger partial charge in [0.15, 0.2) is 11.8 Å². The van der Waals surface area contributed by atoms with Crippen LogP contribution in [-0.2, 0) is 4.74 Å². The second-order valence-electron chi connectivity index (χ2n) is 10.1. The second-order valence-corrected chi connectivity index (χ2v) is 10.1. The lowest BCUT2D eigenvalue weighted by atomic mass is 10.0. The van der Waals surface area contributed by atoms with Crippen LogP contribution in [0.25, 0.3) is 16.6 Å². The van der Waals surface area contributed by atoms with E-state index in [4.69, 9.17) is 14.2 Å². The number of anilines is 2. The minimum absolute atomic E-state index is 0.0609. The van der Waals surface area contributed by atoms with Gasteiger partial charge in [-0.15, -0.1) is 0 Å². The molecule has 1 atom stereocenters. The van der Waals surface area contributed by atoms with Crippen molar-refractivity contribution in [1.29, 1.82) is 0 Å². The highest BCUT2D eigenvalue weighted by Gasteiger charge is 2.45. The van der Waals surface area contributed by atoms with Gasteiger partial charge in [0.1, 0.15) is 35.7 Å².